The highest BCUT2D eigenvalue weighted by Crippen LogP contribution is 2.09. The first-order valence-electron chi connectivity index (χ1n) is 4.57. The Kier molecular flexibility index (Phi) is 3.70. The lowest BCUT2D eigenvalue weighted by atomic mass is 10.4. The average Bonchev–Trinajstić information content (AvgIpc) is 2.12. The van der Waals surface area contributed by atoms with Gasteiger partial charge in [0.2, 0.25) is 0 Å². The normalized spacial score (nSPS) is 26.8. The van der Waals surface area contributed by atoms with Crippen LogP contribution in [0.2, 0.25) is 19.6 Å². The maximum atomic E-state index is 5.91. The van der Waals surface area contributed by atoms with E-state index < -0.39 is 8.32 Å². The van der Waals surface area contributed by atoms with Gasteiger partial charge in [0.15, 0.2) is 8.32 Å². The van der Waals surface area contributed by atoms with Gasteiger partial charge in [-0.15, -0.1) is 0 Å². The number of hydrogen-bond acceptors (Lipinski definition) is 3. The fourth-order valence-corrected chi connectivity index (χ4v) is 2.27. The molecule has 0 radical (unpaired) electrons. The average molecular weight is 189 g/mol. The first-order chi connectivity index (χ1) is 5.58. The molecule has 72 valence electrons. The van der Waals surface area contributed by atoms with Crippen molar-refractivity contribution >= 4 is 8.32 Å². The van der Waals surface area contributed by atoms with Gasteiger partial charge in [0.05, 0.1) is 19.4 Å². The van der Waals surface area contributed by atoms with Crippen LogP contribution in [0.3, 0.4) is 0 Å². The van der Waals surface area contributed by atoms with Crippen LogP contribution in [0.1, 0.15) is 6.42 Å². The molecule has 1 fully saturated rings. The Labute approximate surface area is 75.6 Å². The molecule has 1 heterocycles. The minimum atomic E-state index is -1.39. The summed E-state index contributed by atoms with van der Waals surface area (Å²) in [5, 5.41) is 3.33. The van der Waals surface area contributed by atoms with Gasteiger partial charge in [-0.2, -0.15) is 0 Å². The topological polar surface area (TPSA) is 30.5 Å². The largest absolute Gasteiger partial charge is 0.402 e. The van der Waals surface area contributed by atoms with Crippen molar-refractivity contribution in [1.29, 1.82) is 0 Å². The quantitative estimate of drug-likeness (QED) is 0.662. The maximum absolute atomic E-state index is 5.91. The summed E-state index contributed by atoms with van der Waals surface area (Å²) < 4.78 is 11.2. The highest BCUT2D eigenvalue weighted by atomic mass is 28.4. The van der Waals surface area contributed by atoms with Crippen LogP contribution < -0.4 is 5.32 Å². The minimum absolute atomic E-state index is 0.221. The lowest BCUT2D eigenvalue weighted by Crippen LogP contribution is -2.40. The summed E-state index contributed by atoms with van der Waals surface area (Å²) in [6, 6.07) is 0. The Hall–Kier alpha value is 0.0969. The van der Waals surface area contributed by atoms with Gasteiger partial charge in [-0.25, -0.2) is 0 Å². The predicted molar refractivity (Wildman–Crippen MR) is 51.7 cm³/mol. The van der Waals surface area contributed by atoms with Crippen LogP contribution in [0, 0.1) is 0 Å². The van der Waals surface area contributed by atoms with Gasteiger partial charge < -0.3 is 9.16 Å². The molecule has 0 aliphatic carbocycles. The molecular formula is C8H19NO2Si. The van der Waals surface area contributed by atoms with Crippen molar-refractivity contribution in [1.82, 2.24) is 5.32 Å². The molecule has 0 aromatic carbocycles. The van der Waals surface area contributed by atoms with Crippen LogP contribution in [0.25, 0.3) is 0 Å². The highest BCUT2D eigenvalue weighted by Gasteiger charge is 2.21. The Bertz CT molecular complexity index is 128. The molecule has 1 N–H and O–H groups in total. The fourth-order valence-electron chi connectivity index (χ4n) is 1.21. The molecule has 0 amide bonds. The second kappa shape index (κ2) is 4.37. The molecule has 0 aromatic heterocycles. The van der Waals surface area contributed by atoms with E-state index in [0.717, 1.165) is 26.2 Å². The molecule has 1 atom stereocenters. The van der Waals surface area contributed by atoms with Gasteiger partial charge in [-0.1, -0.05) is 0 Å². The van der Waals surface area contributed by atoms with Crippen molar-refractivity contribution in [3.8, 4) is 0 Å². The second-order valence-corrected chi connectivity index (χ2v) is 8.53. The Morgan fingerprint density at radius 3 is 2.75 bits per heavy atom. The summed E-state index contributed by atoms with van der Waals surface area (Å²) in [6.45, 7) is 9.17. The zero-order valence-electron chi connectivity index (χ0n) is 8.22. The molecule has 1 aliphatic rings. The van der Waals surface area contributed by atoms with Crippen LogP contribution in [-0.4, -0.2) is 34.3 Å². The molecule has 0 aromatic rings. The minimum Gasteiger partial charge on any atom is -0.402 e. The smallest absolute Gasteiger partial charge is 0.185 e. The number of rotatable bonds is 2. The van der Waals surface area contributed by atoms with Gasteiger partial charge in [0, 0.05) is 13.0 Å². The Balaban J connectivity index is 2.30. The van der Waals surface area contributed by atoms with Gasteiger partial charge in [-0.3, -0.25) is 5.32 Å². The van der Waals surface area contributed by atoms with Gasteiger partial charge in [-0.05, 0) is 19.6 Å². The lowest BCUT2D eigenvalue weighted by molar-refractivity contribution is 0.121. The number of nitrogens with one attached hydrogen (secondary N) is 1. The van der Waals surface area contributed by atoms with E-state index in [0.29, 0.717) is 0 Å². The molecule has 0 saturated carbocycles. The molecular weight excluding hydrogens is 170 g/mol. The van der Waals surface area contributed by atoms with E-state index in [1.165, 1.54) is 0 Å². The first-order valence-corrected chi connectivity index (χ1v) is 7.98. The monoisotopic (exact) mass is 189 g/mol. The van der Waals surface area contributed by atoms with E-state index in [9.17, 15) is 0 Å². The van der Waals surface area contributed by atoms with Crippen molar-refractivity contribution in [2.45, 2.75) is 32.3 Å². The Morgan fingerprint density at radius 2 is 2.08 bits per heavy atom. The third-order valence-corrected chi connectivity index (χ3v) is 2.63. The summed E-state index contributed by atoms with van der Waals surface area (Å²) in [7, 11) is -1.39. The van der Waals surface area contributed by atoms with Crippen LogP contribution in [-0.2, 0) is 9.16 Å². The molecule has 12 heavy (non-hydrogen) atoms. The number of ether oxygens (including phenoxy) is 1. The van der Waals surface area contributed by atoms with Crippen molar-refractivity contribution in [2.24, 2.45) is 0 Å². The lowest BCUT2D eigenvalue weighted by Gasteiger charge is -2.25. The predicted octanol–water partition coefficient (Wildman–Crippen LogP) is 1.17. The molecule has 4 heteroatoms. The first kappa shape index (κ1) is 10.2. The van der Waals surface area contributed by atoms with Crippen LogP contribution in [0.4, 0.5) is 0 Å². The Morgan fingerprint density at radius 1 is 1.33 bits per heavy atom. The number of hydrogen-bond donors (Lipinski definition) is 1. The van der Waals surface area contributed by atoms with Crippen LogP contribution >= 0.6 is 0 Å². The maximum Gasteiger partial charge on any atom is 0.185 e. The summed E-state index contributed by atoms with van der Waals surface area (Å²) in [5.74, 6) is 0. The molecule has 1 aliphatic heterocycles. The van der Waals surface area contributed by atoms with Crippen molar-refractivity contribution in [2.75, 3.05) is 19.8 Å². The third-order valence-electron chi connectivity index (χ3n) is 1.64. The summed E-state index contributed by atoms with van der Waals surface area (Å²) in [5.41, 5.74) is 0. The summed E-state index contributed by atoms with van der Waals surface area (Å²) >= 11 is 0. The van der Waals surface area contributed by atoms with Crippen molar-refractivity contribution in [3.63, 3.8) is 0 Å². The summed E-state index contributed by atoms with van der Waals surface area (Å²) in [4.78, 5) is 0. The second-order valence-electron chi connectivity index (χ2n) is 4.07. The van der Waals surface area contributed by atoms with Crippen molar-refractivity contribution in [3.05, 3.63) is 0 Å². The molecule has 1 saturated heterocycles. The third kappa shape index (κ3) is 4.20. The van der Waals surface area contributed by atoms with E-state index in [2.05, 4.69) is 25.0 Å². The summed E-state index contributed by atoms with van der Waals surface area (Å²) in [6.07, 6.45) is 1.20. The van der Waals surface area contributed by atoms with E-state index in [1.807, 2.05) is 0 Å². The zero-order chi connectivity index (χ0) is 9.03. The molecule has 0 spiro atoms. The standard InChI is InChI=1S/C8H19NO2Si/c1-12(2,3)11-8-4-6-10-7-5-9-8/h8-9H,4-7H2,1-3H3. The van der Waals surface area contributed by atoms with E-state index >= 15 is 0 Å². The zero-order valence-corrected chi connectivity index (χ0v) is 9.22. The molecule has 1 rings (SSSR count). The molecule has 0 bridgehead atoms. The molecule has 1 unspecified atom stereocenters. The van der Waals surface area contributed by atoms with Crippen molar-refractivity contribution < 1.29 is 9.16 Å². The van der Waals surface area contributed by atoms with Crippen LogP contribution in [0.15, 0.2) is 0 Å². The fraction of sp³-hybridized carbons (Fsp3) is 1.00. The van der Waals surface area contributed by atoms with Crippen LogP contribution in [0.5, 0.6) is 0 Å². The van der Waals surface area contributed by atoms with Gasteiger partial charge >= 0.3 is 0 Å². The van der Waals surface area contributed by atoms with E-state index in [-0.39, 0.29) is 6.23 Å². The van der Waals surface area contributed by atoms with E-state index in [1.54, 1.807) is 0 Å². The van der Waals surface area contributed by atoms with Gasteiger partial charge in [0.1, 0.15) is 0 Å². The van der Waals surface area contributed by atoms with Gasteiger partial charge in [0.25, 0.3) is 0 Å². The molecule has 3 nitrogen and oxygen atoms in total. The highest BCUT2D eigenvalue weighted by molar-refractivity contribution is 6.69. The van der Waals surface area contributed by atoms with E-state index in [4.69, 9.17) is 9.16 Å². The SMILES string of the molecule is C[Si](C)(C)OC1CCOCCN1.